The fourth-order valence-electron chi connectivity index (χ4n) is 1.42. The SMILES string of the molecule is C=CCNC(=O)C(C)n1ccnc1CC. The van der Waals surface area contributed by atoms with Gasteiger partial charge in [-0.25, -0.2) is 4.98 Å². The minimum atomic E-state index is -0.220. The van der Waals surface area contributed by atoms with Gasteiger partial charge >= 0.3 is 0 Å². The molecular weight excluding hydrogens is 190 g/mol. The van der Waals surface area contributed by atoms with E-state index in [1.165, 1.54) is 0 Å². The Morgan fingerprint density at radius 3 is 3.13 bits per heavy atom. The quantitative estimate of drug-likeness (QED) is 0.740. The molecule has 1 atom stereocenters. The van der Waals surface area contributed by atoms with E-state index in [0.29, 0.717) is 6.54 Å². The van der Waals surface area contributed by atoms with E-state index in [1.807, 2.05) is 24.6 Å². The molecule has 0 fully saturated rings. The van der Waals surface area contributed by atoms with E-state index in [-0.39, 0.29) is 11.9 Å². The third-order valence-corrected chi connectivity index (χ3v) is 2.28. The average molecular weight is 207 g/mol. The summed E-state index contributed by atoms with van der Waals surface area (Å²) in [5.74, 6) is 0.916. The Labute approximate surface area is 90.0 Å². The predicted molar refractivity (Wildman–Crippen MR) is 59.5 cm³/mol. The number of hydrogen-bond acceptors (Lipinski definition) is 2. The molecule has 4 nitrogen and oxygen atoms in total. The Bertz CT molecular complexity index is 343. The summed E-state index contributed by atoms with van der Waals surface area (Å²) < 4.78 is 1.89. The number of carbonyl (C=O) groups excluding carboxylic acids is 1. The molecule has 15 heavy (non-hydrogen) atoms. The van der Waals surface area contributed by atoms with E-state index in [1.54, 1.807) is 12.3 Å². The molecule has 1 rings (SSSR count). The van der Waals surface area contributed by atoms with Crippen LogP contribution >= 0.6 is 0 Å². The highest BCUT2D eigenvalue weighted by atomic mass is 16.2. The Balaban J connectivity index is 2.70. The number of aryl methyl sites for hydroxylation is 1. The van der Waals surface area contributed by atoms with Gasteiger partial charge in [-0.05, 0) is 6.92 Å². The van der Waals surface area contributed by atoms with Crippen molar-refractivity contribution in [2.75, 3.05) is 6.54 Å². The predicted octanol–water partition coefficient (Wildman–Crippen LogP) is 1.31. The van der Waals surface area contributed by atoms with Gasteiger partial charge < -0.3 is 9.88 Å². The van der Waals surface area contributed by atoms with Gasteiger partial charge in [-0.1, -0.05) is 13.0 Å². The smallest absolute Gasteiger partial charge is 0.243 e. The summed E-state index contributed by atoms with van der Waals surface area (Å²) in [5, 5.41) is 2.77. The van der Waals surface area contributed by atoms with Crippen LogP contribution in [0.4, 0.5) is 0 Å². The number of aromatic nitrogens is 2. The molecule has 1 amide bonds. The molecule has 1 unspecified atom stereocenters. The van der Waals surface area contributed by atoms with Crippen molar-refractivity contribution in [3.05, 3.63) is 30.9 Å². The Kier molecular flexibility index (Phi) is 4.09. The monoisotopic (exact) mass is 207 g/mol. The lowest BCUT2D eigenvalue weighted by Crippen LogP contribution is -2.31. The van der Waals surface area contributed by atoms with E-state index >= 15 is 0 Å². The van der Waals surface area contributed by atoms with Crippen LogP contribution in [0.5, 0.6) is 0 Å². The van der Waals surface area contributed by atoms with Gasteiger partial charge in [0.2, 0.25) is 5.91 Å². The molecule has 1 aromatic heterocycles. The van der Waals surface area contributed by atoms with Gasteiger partial charge in [-0.3, -0.25) is 4.79 Å². The van der Waals surface area contributed by atoms with Gasteiger partial charge in [0.25, 0.3) is 0 Å². The Morgan fingerprint density at radius 1 is 1.80 bits per heavy atom. The maximum Gasteiger partial charge on any atom is 0.243 e. The van der Waals surface area contributed by atoms with E-state index in [4.69, 9.17) is 0 Å². The normalized spacial score (nSPS) is 12.1. The largest absolute Gasteiger partial charge is 0.351 e. The number of nitrogens with zero attached hydrogens (tertiary/aromatic N) is 2. The minimum absolute atomic E-state index is 0.0115. The van der Waals surface area contributed by atoms with Gasteiger partial charge in [-0.15, -0.1) is 6.58 Å². The highest BCUT2D eigenvalue weighted by Crippen LogP contribution is 2.09. The molecule has 0 bridgehead atoms. The molecule has 0 radical (unpaired) electrons. The van der Waals surface area contributed by atoms with Gasteiger partial charge in [0.15, 0.2) is 0 Å². The van der Waals surface area contributed by atoms with Gasteiger partial charge in [0.1, 0.15) is 11.9 Å². The highest BCUT2D eigenvalue weighted by molar-refractivity contribution is 5.80. The second-order valence-electron chi connectivity index (χ2n) is 3.31. The molecule has 0 saturated carbocycles. The maximum absolute atomic E-state index is 11.7. The van der Waals surface area contributed by atoms with Crippen LogP contribution in [0.1, 0.15) is 25.7 Å². The van der Waals surface area contributed by atoms with Crippen molar-refractivity contribution in [2.24, 2.45) is 0 Å². The molecule has 0 spiro atoms. The average Bonchev–Trinajstić information content (AvgIpc) is 2.72. The summed E-state index contributed by atoms with van der Waals surface area (Å²) in [5.41, 5.74) is 0. The van der Waals surface area contributed by atoms with Crippen LogP contribution in [0.3, 0.4) is 0 Å². The molecule has 0 aliphatic heterocycles. The zero-order valence-corrected chi connectivity index (χ0v) is 9.23. The van der Waals surface area contributed by atoms with Crippen LogP contribution < -0.4 is 5.32 Å². The maximum atomic E-state index is 11.7. The molecule has 0 saturated heterocycles. The van der Waals surface area contributed by atoms with E-state index in [2.05, 4.69) is 16.9 Å². The second-order valence-corrected chi connectivity index (χ2v) is 3.31. The highest BCUT2D eigenvalue weighted by Gasteiger charge is 2.15. The first-order valence-corrected chi connectivity index (χ1v) is 5.11. The third kappa shape index (κ3) is 2.68. The van der Waals surface area contributed by atoms with Gasteiger partial charge in [0, 0.05) is 25.4 Å². The number of amides is 1. The van der Waals surface area contributed by atoms with Crippen molar-refractivity contribution in [3.8, 4) is 0 Å². The summed E-state index contributed by atoms with van der Waals surface area (Å²) >= 11 is 0. The molecule has 1 heterocycles. The molecule has 1 aromatic rings. The molecule has 0 aliphatic rings. The van der Waals surface area contributed by atoms with Crippen LogP contribution in [0, 0.1) is 0 Å². The van der Waals surface area contributed by atoms with Gasteiger partial charge in [-0.2, -0.15) is 0 Å². The minimum Gasteiger partial charge on any atom is -0.351 e. The first-order valence-electron chi connectivity index (χ1n) is 5.11. The van der Waals surface area contributed by atoms with Crippen molar-refractivity contribution < 1.29 is 4.79 Å². The lowest BCUT2D eigenvalue weighted by atomic mass is 10.3. The van der Waals surface area contributed by atoms with Crippen LogP contribution in [-0.2, 0) is 11.2 Å². The molecular formula is C11H17N3O. The summed E-state index contributed by atoms with van der Waals surface area (Å²) in [6.07, 6.45) is 6.04. The standard InChI is InChI=1S/C11H17N3O/c1-4-6-13-11(15)9(3)14-8-7-12-10(14)5-2/h4,7-9H,1,5-6H2,2-3H3,(H,13,15). The second kappa shape index (κ2) is 5.34. The van der Waals surface area contributed by atoms with E-state index in [9.17, 15) is 4.79 Å². The topological polar surface area (TPSA) is 46.9 Å². The Hall–Kier alpha value is -1.58. The zero-order chi connectivity index (χ0) is 11.3. The summed E-state index contributed by atoms with van der Waals surface area (Å²) in [6, 6.07) is -0.220. The van der Waals surface area contributed by atoms with Crippen LogP contribution in [-0.4, -0.2) is 22.0 Å². The molecule has 0 aliphatic carbocycles. The van der Waals surface area contributed by atoms with Crippen molar-refractivity contribution in [1.82, 2.24) is 14.9 Å². The zero-order valence-electron chi connectivity index (χ0n) is 9.23. The van der Waals surface area contributed by atoms with Crippen molar-refractivity contribution in [1.29, 1.82) is 0 Å². The van der Waals surface area contributed by atoms with Crippen molar-refractivity contribution in [3.63, 3.8) is 0 Å². The third-order valence-electron chi connectivity index (χ3n) is 2.28. The fourth-order valence-corrected chi connectivity index (χ4v) is 1.42. The summed E-state index contributed by atoms with van der Waals surface area (Å²) in [7, 11) is 0. The number of rotatable bonds is 5. The molecule has 82 valence electrons. The number of carbonyl (C=O) groups is 1. The van der Waals surface area contributed by atoms with E-state index < -0.39 is 0 Å². The van der Waals surface area contributed by atoms with E-state index in [0.717, 1.165) is 12.2 Å². The van der Waals surface area contributed by atoms with Crippen molar-refractivity contribution in [2.45, 2.75) is 26.3 Å². The fraction of sp³-hybridized carbons (Fsp3) is 0.455. The number of hydrogen-bond donors (Lipinski definition) is 1. The first-order chi connectivity index (χ1) is 7.20. The van der Waals surface area contributed by atoms with Crippen LogP contribution in [0.2, 0.25) is 0 Å². The van der Waals surface area contributed by atoms with Crippen LogP contribution in [0.25, 0.3) is 0 Å². The molecule has 1 N–H and O–H groups in total. The summed E-state index contributed by atoms with van der Waals surface area (Å²) in [6.45, 7) is 7.94. The number of nitrogens with one attached hydrogen (secondary N) is 1. The number of imidazole rings is 1. The lowest BCUT2D eigenvalue weighted by molar-refractivity contribution is -0.123. The Morgan fingerprint density at radius 2 is 2.53 bits per heavy atom. The van der Waals surface area contributed by atoms with Gasteiger partial charge in [0.05, 0.1) is 0 Å². The van der Waals surface area contributed by atoms with Crippen molar-refractivity contribution >= 4 is 5.91 Å². The molecule has 4 heteroatoms. The van der Waals surface area contributed by atoms with Crippen LogP contribution in [0.15, 0.2) is 25.0 Å². The first kappa shape index (κ1) is 11.5. The molecule has 0 aromatic carbocycles. The lowest BCUT2D eigenvalue weighted by Gasteiger charge is -2.14. The summed E-state index contributed by atoms with van der Waals surface area (Å²) in [4.78, 5) is 15.8.